The molecule has 0 atom stereocenters. The molecule has 0 fully saturated rings. The number of hydrogen-bond acceptors (Lipinski definition) is 2. The maximum atomic E-state index is 13.3. The third-order valence-electron chi connectivity index (χ3n) is 2.24. The second-order valence-electron chi connectivity index (χ2n) is 3.45. The first-order valence-corrected chi connectivity index (χ1v) is 4.94. The quantitative estimate of drug-likeness (QED) is 0.888. The fourth-order valence-corrected chi connectivity index (χ4v) is 1.40. The Morgan fingerprint density at radius 1 is 1.06 bits per heavy atom. The maximum absolute atomic E-state index is 13.3. The van der Waals surface area contributed by atoms with E-state index in [-0.39, 0.29) is 12.1 Å². The Hall–Kier alpha value is -2.04. The van der Waals surface area contributed by atoms with Crippen molar-refractivity contribution in [2.24, 2.45) is 0 Å². The van der Waals surface area contributed by atoms with E-state index >= 15 is 0 Å². The highest BCUT2D eigenvalue weighted by Gasteiger charge is 2.07. The summed E-state index contributed by atoms with van der Waals surface area (Å²) >= 11 is 0. The molecule has 17 heavy (non-hydrogen) atoms. The Balaban J connectivity index is 2.13. The molecule has 2 nitrogen and oxygen atoms in total. The van der Waals surface area contributed by atoms with Crippen LogP contribution >= 0.6 is 0 Å². The lowest BCUT2D eigenvalue weighted by Gasteiger charge is -2.07. The van der Waals surface area contributed by atoms with Gasteiger partial charge in [0.25, 0.3) is 0 Å². The Morgan fingerprint density at radius 2 is 1.76 bits per heavy atom. The highest BCUT2D eigenvalue weighted by molar-refractivity contribution is 5.41. The molecule has 2 rings (SSSR count). The molecule has 5 heteroatoms. The monoisotopic (exact) mass is 238 g/mol. The Bertz CT molecular complexity index is 509. The fraction of sp³-hybridized carbons (Fsp3) is 0.0833. The van der Waals surface area contributed by atoms with Gasteiger partial charge >= 0.3 is 0 Å². The van der Waals surface area contributed by atoms with E-state index in [9.17, 15) is 13.2 Å². The summed E-state index contributed by atoms with van der Waals surface area (Å²) in [5.74, 6) is -1.78. The molecule has 2 aromatic rings. The molecule has 0 aliphatic heterocycles. The standard InChI is InChI=1S/C12H9F3N2/c13-8-4-9(6-16-5-8)17-7-10-11(14)2-1-3-12(10)15/h1-6,17H,7H2. The van der Waals surface area contributed by atoms with Gasteiger partial charge in [-0.05, 0) is 12.1 Å². The zero-order valence-electron chi connectivity index (χ0n) is 8.75. The molecule has 0 bridgehead atoms. The number of pyridine rings is 1. The molecule has 0 saturated carbocycles. The highest BCUT2D eigenvalue weighted by atomic mass is 19.1. The highest BCUT2D eigenvalue weighted by Crippen LogP contribution is 2.14. The zero-order valence-corrected chi connectivity index (χ0v) is 8.75. The van der Waals surface area contributed by atoms with E-state index in [4.69, 9.17) is 0 Å². The molecule has 88 valence electrons. The largest absolute Gasteiger partial charge is 0.379 e. The summed E-state index contributed by atoms with van der Waals surface area (Å²) in [6.45, 7) is -0.0658. The lowest BCUT2D eigenvalue weighted by Crippen LogP contribution is -2.04. The number of aromatic nitrogens is 1. The summed E-state index contributed by atoms with van der Waals surface area (Å²) in [7, 11) is 0. The molecular weight excluding hydrogens is 229 g/mol. The van der Waals surface area contributed by atoms with Crippen molar-refractivity contribution in [1.82, 2.24) is 4.98 Å². The summed E-state index contributed by atoms with van der Waals surface area (Å²) in [6.07, 6.45) is 2.43. The third-order valence-corrected chi connectivity index (χ3v) is 2.24. The van der Waals surface area contributed by atoms with Gasteiger partial charge in [0.2, 0.25) is 0 Å². The van der Waals surface area contributed by atoms with Crippen LogP contribution in [0.15, 0.2) is 36.7 Å². The summed E-state index contributed by atoms with van der Waals surface area (Å²) < 4.78 is 39.3. The minimum absolute atomic E-state index is 0.0658. The summed E-state index contributed by atoms with van der Waals surface area (Å²) in [6, 6.07) is 4.83. The molecule has 0 aliphatic rings. The van der Waals surface area contributed by atoms with Crippen LogP contribution in [0, 0.1) is 17.5 Å². The first kappa shape index (κ1) is 11.4. The number of anilines is 1. The van der Waals surface area contributed by atoms with Gasteiger partial charge in [-0.1, -0.05) is 6.07 Å². The molecule has 0 saturated heterocycles. The summed E-state index contributed by atoms with van der Waals surface area (Å²) in [5, 5.41) is 2.70. The van der Waals surface area contributed by atoms with Gasteiger partial charge in [0.05, 0.1) is 18.1 Å². The Morgan fingerprint density at radius 3 is 2.41 bits per heavy atom. The molecule has 0 aliphatic carbocycles. The molecule has 0 spiro atoms. The van der Waals surface area contributed by atoms with E-state index in [1.54, 1.807) is 0 Å². The average molecular weight is 238 g/mol. The van der Waals surface area contributed by atoms with Crippen molar-refractivity contribution in [2.45, 2.75) is 6.54 Å². The SMILES string of the molecule is Fc1cncc(NCc2c(F)cccc2F)c1. The fourth-order valence-electron chi connectivity index (χ4n) is 1.40. The minimum Gasteiger partial charge on any atom is -0.379 e. The first-order chi connectivity index (χ1) is 8.16. The second-order valence-corrected chi connectivity index (χ2v) is 3.45. The van der Waals surface area contributed by atoms with Gasteiger partial charge in [-0.3, -0.25) is 4.98 Å². The van der Waals surface area contributed by atoms with Crippen molar-refractivity contribution in [3.8, 4) is 0 Å². The number of halogens is 3. The molecule has 1 N–H and O–H groups in total. The van der Waals surface area contributed by atoms with Crippen LogP contribution in [0.1, 0.15) is 5.56 Å². The van der Waals surface area contributed by atoms with E-state index in [1.165, 1.54) is 30.5 Å². The molecule has 1 aromatic carbocycles. The summed E-state index contributed by atoms with van der Waals surface area (Å²) in [5.41, 5.74) is 0.282. The number of nitrogens with one attached hydrogen (secondary N) is 1. The summed E-state index contributed by atoms with van der Waals surface area (Å²) in [4.78, 5) is 3.62. The topological polar surface area (TPSA) is 24.9 Å². The smallest absolute Gasteiger partial charge is 0.143 e. The van der Waals surface area contributed by atoms with Crippen LogP contribution in [0.25, 0.3) is 0 Å². The molecular formula is C12H9F3N2. The predicted molar refractivity (Wildman–Crippen MR) is 57.9 cm³/mol. The number of hydrogen-bond donors (Lipinski definition) is 1. The third kappa shape index (κ3) is 2.75. The second kappa shape index (κ2) is 4.86. The van der Waals surface area contributed by atoms with Gasteiger partial charge in [0.15, 0.2) is 0 Å². The van der Waals surface area contributed by atoms with Gasteiger partial charge in [0, 0.05) is 18.2 Å². The molecule has 0 amide bonds. The van der Waals surface area contributed by atoms with Crippen LogP contribution in [-0.4, -0.2) is 4.98 Å². The Labute approximate surface area is 96.1 Å². The Kier molecular flexibility index (Phi) is 3.27. The van der Waals surface area contributed by atoms with E-state index in [2.05, 4.69) is 10.3 Å². The lowest BCUT2D eigenvalue weighted by atomic mass is 10.2. The average Bonchev–Trinajstić information content (AvgIpc) is 2.28. The van der Waals surface area contributed by atoms with E-state index in [1.807, 2.05) is 0 Å². The minimum atomic E-state index is -0.637. The van der Waals surface area contributed by atoms with Crippen LogP contribution in [0.4, 0.5) is 18.9 Å². The van der Waals surface area contributed by atoms with Crippen molar-refractivity contribution in [3.63, 3.8) is 0 Å². The predicted octanol–water partition coefficient (Wildman–Crippen LogP) is 3.11. The molecule has 1 aromatic heterocycles. The molecule has 0 unspecified atom stereocenters. The number of benzene rings is 1. The van der Waals surface area contributed by atoms with Gasteiger partial charge < -0.3 is 5.32 Å². The van der Waals surface area contributed by atoms with Gasteiger partial charge in [-0.15, -0.1) is 0 Å². The van der Waals surface area contributed by atoms with E-state index in [0.717, 1.165) is 6.20 Å². The van der Waals surface area contributed by atoms with Gasteiger partial charge in [-0.2, -0.15) is 0 Å². The zero-order chi connectivity index (χ0) is 12.3. The van der Waals surface area contributed by atoms with Crippen molar-refractivity contribution < 1.29 is 13.2 Å². The lowest BCUT2D eigenvalue weighted by molar-refractivity contribution is 0.560. The number of rotatable bonds is 3. The van der Waals surface area contributed by atoms with Crippen LogP contribution in [0.5, 0.6) is 0 Å². The molecule has 0 radical (unpaired) electrons. The van der Waals surface area contributed by atoms with Gasteiger partial charge in [0.1, 0.15) is 17.5 Å². The normalized spacial score (nSPS) is 10.3. The van der Waals surface area contributed by atoms with Crippen molar-refractivity contribution in [3.05, 3.63) is 59.7 Å². The van der Waals surface area contributed by atoms with Crippen LogP contribution < -0.4 is 5.32 Å². The van der Waals surface area contributed by atoms with Crippen LogP contribution in [0.3, 0.4) is 0 Å². The maximum Gasteiger partial charge on any atom is 0.143 e. The van der Waals surface area contributed by atoms with Gasteiger partial charge in [-0.25, -0.2) is 13.2 Å². The molecule has 1 heterocycles. The van der Waals surface area contributed by atoms with Crippen molar-refractivity contribution in [2.75, 3.05) is 5.32 Å². The number of nitrogens with zero attached hydrogens (tertiary/aromatic N) is 1. The first-order valence-electron chi connectivity index (χ1n) is 4.94. The van der Waals surface area contributed by atoms with Crippen molar-refractivity contribution in [1.29, 1.82) is 0 Å². The van der Waals surface area contributed by atoms with Crippen LogP contribution in [-0.2, 0) is 6.54 Å². The van der Waals surface area contributed by atoms with Crippen LogP contribution in [0.2, 0.25) is 0 Å². The van der Waals surface area contributed by atoms with Crippen molar-refractivity contribution >= 4 is 5.69 Å². The van der Waals surface area contributed by atoms with E-state index in [0.29, 0.717) is 5.69 Å². The van der Waals surface area contributed by atoms with E-state index < -0.39 is 17.5 Å².